The average molecular weight is 432 g/mol. The minimum Gasteiger partial charge on any atom is -0.379 e. The van der Waals surface area contributed by atoms with Crippen LogP contribution in [-0.2, 0) is 24.1 Å². The first-order valence-electron chi connectivity index (χ1n) is 12.4. The lowest BCUT2D eigenvalue weighted by Gasteiger charge is -2.42. The number of aryl methyl sites for hydroxylation is 1. The van der Waals surface area contributed by atoms with Crippen molar-refractivity contribution in [3.8, 4) is 0 Å². The van der Waals surface area contributed by atoms with Crippen molar-refractivity contribution in [2.75, 3.05) is 45.9 Å². The molecule has 1 atom stereocenters. The van der Waals surface area contributed by atoms with Crippen LogP contribution < -0.4 is 5.32 Å². The van der Waals surface area contributed by atoms with E-state index in [1.165, 1.54) is 24.1 Å². The van der Waals surface area contributed by atoms with Crippen LogP contribution in [0.5, 0.6) is 0 Å². The standard InChI is InChI=1S/C24H41N5O2/c1-4-29-21-10-9-19(25-18-24(2,3)28-13-15-31-16-14-28)17-20(21)22(26-29)23(30)27-11-7-5-6-8-12-27/h19,25H,4-18H2,1-3H3/t19-/m1/s1. The molecular weight excluding hydrogens is 390 g/mol. The zero-order chi connectivity index (χ0) is 21.8. The van der Waals surface area contributed by atoms with Gasteiger partial charge < -0.3 is 15.0 Å². The number of ether oxygens (including phenoxy) is 1. The normalized spacial score (nSPS) is 23.5. The fraction of sp³-hybridized carbons (Fsp3) is 0.833. The largest absolute Gasteiger partial charge is 0.379 e. The summed E-state index contributed by atoms with van der Waals surface area (Å²) < 4.78 is 7.61. The molecule has 2 saturated heterocycles. The predicted molar refractivity (Wildman–Crippen MR) is 123 cm³/mol. The first-order chi connectivity index (χ1) is 15.0. The SMILES string of the molecule is CCn1nc(C(=O)N2CCCCCC2)c2c1CC[C@@H](NCC(C)(C)N1CCOCC1)C2. The van der Waals surface area contributed by atoms with E-state index >= 15 is 0 Å². The Hall–Kier alpha value is -1.44. The number of fused-ring (bicyclic) bond motifs is 1. The van der Waals surface area contributed by atoms with Gasteiger partial charge in [0.05, 0.1) is 13.2 Å². The third-order valence-electron chi connectivity index (χ3n) is 7.43. The van der Waals surface area contributed by atoms with E-state index in [1.807, 2.05) is 4.90 Å². The summed E-state index contributed by atoms with van der Waals surface area (Å²) in [4.78, 5) is 18.0. The number of morpholine rings is 1. The van der Waals surface area contributed by atoms with Crippen molar-refractivity contribution >= 4 is 5.91 Å². The van der Waals surface area contributed by atoms with Gasteiger partial charge in [0.15, 0.2) is 5.69 Å². The van der Waals surface area contributed by atoms with E-state index in [4.69, 9.17) is 9.84 Å². The van der Waals surface area contributed by atoms with Crippen LogP contribution in [0.1, 0.15) is 74.6 Å². The van der Waals surface area contributed by atoms with Crippen LogP contribution in [0.2, 0.25) is 0 Å². The number of hydrogen-bond acceptors (Lipinski definition) is 5. The molecule has 2 fully saturated rings. The molecule has 1 aliphatic carbocycles. The molecule has 1 aromatic heterocycles. The zero-order valence-electron chi connectivity index (χ0n) is 19.8. The van der Waals surface area contributed by atoms with E-state index in [1.54, 1.807) is 0 Å². The molecule has 3 heterocycles. The first-order valence-corrected chi connectivity index (χ1v) is 12.4. The van der Waals surface area contributed by atoms with E-state index in [0.717, 1.165) is 90.3 Å². The van der Waals surface area contributed by atoms with Crippen LogP contribution in [0.25, 0.3) is 0 Å². The molecule has 0 aromatic carbocycles. The topological polar surface area (TPSA) is 62.6 Å². The quantitative estimate of drug-likeness (QED) is 0.750. The lowest BCUT2D eigenvalue weighted by molar-refractivity contribution is -0.0104. The molecule has 1 aromatic rings. The van der Waals surface area contributed by atoms with E-state index in [0.29, 0.717) is 6.04 Å². The Morgan fingerprint density at radius 3 is 2.52 bits per heavy atom. The summed E-state index contributed by atoms with van der Waals surface area (Å²) in [5.74, 6) is 0.152. The Kier molecular flexibility index (Phi) is 7.34. The Morgan fingerprint density at radius 2 is 1.84 bits per heavy atom. The van der Waals surface area contributed by atoms with Crippen molar-refractivity contribution in [1.82, 2.24) is 24.9 Å². The van der Waals surface area contributed by atoms with Gasteiger partial charge in [-0.2, -0.15) is 5.10 Å². The maximum absolute atomic E-state index is 13.4. The van der Waals surface area contributed by atoms with Gasteiger partial charge in [-0.1, -0.05) is 12.8 Å². The summed E-state index contributed by atoms with van der Waals surface area (Å²) in [6.45, 7) is 14.0. The molecular formula is C24H41N5O2. The number of nitrogens with one attached hydrogen (secondary N) is 1. The van der Waals surface area contributed by atoms with Crippen LogP contribution >= 0.6 is 0 Å². The maximum Gasteiger partial charge on any atom is 0.274 e. The lowest BCUT2D eigenvalue weighted by Crippen LogP contribution is -2.56. The van der Waals surface area contributed by atoms with E-state index in [9.17, 15) is 4.79 Å². The van der Waals surface area contributed by atoms with Gasteiger partial charge >= 0.3 is 0 Å². The van der Waals surface area contributed by atoms with E-state index in [2.05, 4.69) is 35.7 Å². The van der Waals surface area contributed by atoms with Gasteiger partial charge in [-0.15, -0.1) is 0 Å². The van der Waals surface area contributed by atoms with Gasteiger partial charge in [0.25, 0.3) is 5.91 Å². The predicted octanol–water partition coefficient (Wildman–Crippen LogP) is 2.48. The smallest absolute Gasteiger partial charge is 0.274 e. The van der Waals surface area contributed by atoms with Crippen molar-refractivity contribution in [3.05, 3.63) is 17.0 Å². The molecule has 0 saturated carbocycles. The highest BCUT2D eigenvalue weighted by Crippen LogP contribution is 2.27. The molecule has 3 aliphatic rings. The third kappa shape index (κ3) is 5.15. The molecule has 0 bridgehead atoms. The Morgan fingerprint density at radius 1 is 1.13 bits per heavy atom. The number of carbonyl (C=O) groups is 1. The highest BCUT2D eigenvalue weighted by molar-refractivity contribution is 5.94. The maximum atomic E-state index is 13.4. The molecule has 0 spiro atoms. The average Bonchev–Trinajstić information content (AvgIpc) is 2.95. The fourth-order valence-electron chi connectivity index (χ4n) is 5.39. The van der Waals surface area contributed by atoms with Gasteiger partial charge in [0.2, 0.25) is 0 Å². The second-order valence-corrected chi connectivity index (χ2v) is 10.0. The van der Waals surface area contributed by atoms with E-state index < -0.39 is 0 Å². The summed E-state index contributed by atoms with van der Waals surface area (Å²) in [7, 11) is 0. The van der Waals surface area contributed by atoms with Crippen molar-refractivity contribution < 1.29 is 9.53 Å². The zero-order valence-corrected chi connectivity index (χ0v) is 19.8. The van der Waals surface area contributed by atoms with Crippen LogP contribution in [0.4, 0.5) is 0 Å². The minimum atomic E-state index is 0.0996. The lowest BCUT2D eigenvalue weighted by atomic mass is 9.90. The number of rotatable bonds is 6. The molecule has 4 rings (SSSR count). The molecule has 1 amide bonds. The van der Waals surface area contributed by atoms with Crippen molar-refractivity contribution in [1.29, 1.82) is 0 Å². The summed E-state index contributed by atoms with van der Waals surface area (Å²) in [6, 6.07) is 0.401. The van der Waals surface area contributed by atoms with Crippen molar-refractivity contribution in [2.24, 2.45) is 0 Å². The van der Waals surface area contributed by atoms with Gasteiger partial charge in [-0.25, -0.2) is 0 Å². The van der Waals surface area contributed by atoms with Crippen LogP contribution in [-0.4, -0.2) is 83.0 Å². The highest BCUT2D eigenvalue weighted by atomic mass is 16.5. The summed E-state index contributed by atoms with van der Waals surface area (Å²) in [5, 5.41) is 8.65. The summed E-state index contributed by atoms with van der Waals surface area (Å²) in [5.41, 5.74) is 3.30. The monoisotopic (exact) mass is 431 g/mol. The van der Waals surface area contributed by atoms with Gasteiger partial charge in [0.1, 0.15) is 0 Å². The number of aromatic nitrogens is 2. The third-order valence-corrected chi connectivity index (χ3v) is 7.43. The molecule has 174 valence electrons. The summed E-state index contributed by atoms with van der Waals surface area (Å²) in [6.07, 6.45) is 7.70. The Bertz CT molecular complexity index is 745. The number of likely N-dealkylation sites (tertiary alicyclic amines) is 1. The van der Waals surface area contributed by atoms with E-state index in [-0.39, 0.29) is 11.4 Å². The Labute approximate surface area is 187 Å². The number of nitrogens with zero attached hydrogens (tertiary/aromatic N) is 4. The summed E-state index contributed by atoms with van der Waals surface area (Å²) >= 11 is 0. The van der Waals surface area contributed by atoms with Gasteiger partial charge in [-0.05, 0) is 52.9 Å². The molecule has 0 unspecified atom stereocenters. The molecule has 0 radical (unpaired) electrons. The van der Waals surface area contributed by atoms with Gasteiger partial charge in [0, 0.05) is 62.1 Å². The van der Waals surface area contributed by atoms with Gasteiger partial charge in [-0.3, -0.25) is 14.4 Å². The molecule has 1 N–H and O–H groups in total. The highest BCUT2D eigenvalue weighted by Gasteiger charge is 2.33. The van der Waals surface area contributed by atoms with Crippen molar-refractivity contribution in [3.63, 3.8) is 0 Å². The first kappa shape index (κ1) is 22.7. The molecule has 31 heavy (non-hydrogen) atoms. The fourth-order valence-corrected chi connectivity index (χ4v) is 5.39. The van der Waals surface area contributed by atoms with Crippen LogP contribution in [0.3, 0.4) is 0 Å². The van der Waals surface area contributed by atoms with Crippen LogP contribution in [0.15, 0.2) is 0 Å². The second kappa shape index (κ2) is 10.0. The second-order valence-electron chi connectivity index (χ2n) is 10.0. The Balaban J connectivity index is 1.44. The number of carbonyl (C=O) groups excluding carboxylic acids is 1. The van der Waals surface area contributed by atoms with Crippen molar-refractivity contribution in [2.45, 2.75) is 83.8 Å². The molecule has 7 heteroatoms. The van der Waals surface area contributed by atoms with Crippen LogP contribution in [0, 0.1) is 0 Å². The molecule has 2 aliphatic heterocycles. The number of amides is 1. The minimum absolute atomic E-state index is 0.0996. The molecule has 7 nitrogen and oxygen atoms in total. The number of hydrogen-bond donors (Lipinski definition) is 1.